The van der Waals surface area contributed by atoms with Gasteiger partial charge in [-0.25, -0.2) is 4.79 Å². The van der Waals surface area contributed by atoms with Crippen LogP contribution in [0.15, 0.2) is 18.2 Å². The fourth-order valence-electron chi connectivity index (χ4n) is 1.39. The first-order chi connectivity index (χ1) is 9.63. The molecule has 0 fully saturated rings. The maximum absolute atomic E-state index is 11.7. The summed E-state index contributed by atoms with van der Waals surface area (Å²) in [5.41, 5.74) is 12.3. The normalized spacial score (nSPS) is 10.4. The van der Waals surface area contributed by atoms with Crippen molar-refractivity contribution >= 4 is 17.3 Å². The van der Waals surface area contributed by atoms with Gasteiger partial charge in [0.25, 0.3) is 0 Å². The third kappa shape index (κ3) is 6.37. The van der Waals surface area contributed by atoms with Crippen molar-refractivity contribution in [3.05, 3.63) is 23.8 Å². The molecule has 0 bridgehead atoms. The molecule has 0 heterocycles. The van der Waals surface area contributed by atoms with Gasteiger partial charge in [0.05, 0.1) is 32.0 Å². The molecule has 0 unspecified atom stereocenters. The van der Waals surface area contributed by atoms with Crippen LogP contribution in [0.5, 0.6) is 0 Å². The van der Waals surface area contributed by atoms with Crippen LogP contribution in [0.4, 0.5) is 11.4 Å². The van der Waals surface area contributed by atoms with Crippen LogP contribution in [0.1, 0.15) is 10.4 Å². The molecule has 0 saturated heterocycles. The summed E-state index contributed by atoms with van der Waals surface area (Å²) in [4.78, 5) is 11.7. The molecule has 1 aromatic rings. The lowest BCUT2D eigenvalue weighted by molar-refractivity contribution is -0.0508. The monoisotopic (exact) mass is 284 g/mol. The zero-order valence-corrected chi connectivity index (χ0v) is 11.5. The van der Waals surface area contributed by atoms with Gasteiger partial charge in [-0.05, 0) is 18.2 Å². The number of nitrogens with two attached hydrogens (primary N) is 2. The van der Waals surface area contributed by atoms with E-state index in [0.717, 1.165) is 0 Å². The van der Waals surface area contributed by atoms with Gasteiger partial charge in [0.2, 0.25) is 0 Å². The third-order valence-corrected chi connectivity index (χ3v) is 2.29. The molecular weight excluding hydrogens is 264 g/mol. The largest absolute Gasteiger partial charge is 0.435 e. The highest BCUT2D eigenvalue weighted by Gasteiger charge is 2.08. The number of benzene rings is 1. The van der Waals surface area contributed by atoms with Crippen molar-refractivity contribution in [1.82, 2.24) is 0 Å². The Bertz CT molecular complexity index is 405. The molecular formula is C13H20N2O5. The number of esters is 1. The number of carbonyl (C=O) groups excluding carboxylic acids is 1. The van der Waals surface area contributed by atoms with Crippen molar-refractivity contribution < 1.29 is 23.7 Å². The van der Waals surface area contributed by atoms with E-state index in [4.69, 9.17) is 30.4 Å². The summed E-state index contributed by atoms with van der Waals surface area (Å²) in [5.74, 6) is -0.538. The van der Waals surface area contributed by atoms with E-state index < -0.39 is 5.97 Å². The topological polar surface area (TPSA) is 106 Å². The van der Waals surface area contributed by atoms with Gasteiger partial charge in [0.15, 0.2) is 6.79 Å². The van der Waals surface area contributed by atoms with Crippen LogP contribution in [0, 0.1) is 0 Å². The van der Waals surface area contributed by atoms with Gasteiger partial charge in [-0.3, -0.25) is 0 Å². The predicted octanol–water partition coefficient (Wildman–Crippen LogP) is 0.645. The number of nitrogen functional groups attached to an aromatic ring is 2. The van der Waals surface area contributed by atoms with E-state index in [1.54, 1.807) is 13.2 Å². The lowest BCUT2D eigenvalue weighted by atomic mass is 10.2. The minimum absolute atomic E-state index is 0.152. The van der Waals surface area contributed by atoms with E-state index in [2.05, 4.69) is 0 Å². The molecule has 0 aromatic heterocycles. The van der Waals surface area contributed by atoms with Crippen LogP contribution in [-0.2, 0) is 18.9 Å². The number of ether oxygens (including phenoxy) is 4. The number of hydrogen-bond acceptors (Lipinski definition) is 7. The molecule has 0 aliphatic heterocycles. The summed E-state index contributed by atoms with van der Waals surface area (Å²) in [6, 6.07) is 4.55. The summed E-state index contributed by atoms with van der Waals surface area (Å²) in [6.45, 7) is 1.62. The fourth-order valence-corrected chi connectivity index (χ4v) is 1.39. The van der Waals surface area contributed by atoms with Gasteiger partial charge in [-0.2, -0.15) is 0 Å². The molecule has 0 saturated carbocycles. The lowest BCUT2D eigenvalue weighted by Crippen LogP contribution is -2.13. The van der Waals surface area contributed by atoms with Gasteiger partial charge in [0, 0.05) is 18.5 Å². The third-order valence-electron chi connectivity index (χ3n) is 2.29. The maximum Gasteiger partial charge on any atom is 0.340 e. The van der Waals surface area contributed by atoms with Gasteiger partial charge in [-0.15, -0.1) is 0 Å². The molecule has 7 heteroatoms. The molecule has 0 aliphatic rings. The number of anilines is 2. The molecule has 0 radical (unpaired) electrons. The Morgan fingerprint density at radius 1 is 1.00 bits per heavy atom. The van der Waals surface area contributed by atoms with E-state index in [1.807, 2.05) is 0 Å². The quantitative estimate of drug-likeness (QED) is 0.297. The van der Waals surface area contributed by atoms with Crippen molar-refractivity contribution in [3.63, 3.8) is 0 Å². The number of rotatable bonds is 9. The average molecular weight is 284 g/mol. The minimum atomic E-state index is -0.538. The Morgan fingerprint density at radius 3 is 2.25 bits per heavy atom. The Morgan fingerprint density at radius 2 is 1.60 bits per heavy atom. The highest BCUT2D eigenvalue weighted by atomic mass is 16.7. The average Bonchev–Trinajstić information content (AvgIpc) is 2.40. The van der Waals surface area contributed by atoms with Gasteiger partial charge in [-0.1, -0.05) is 0 Å². The highest BCUT2D eigenvalue weighted by molar-refractivity contribution is 5.91. The van der Waals surface area contributed by atoms with Crippen molar-refractivity contribution in [1.29, 1.82) is 0 Å². The molecule has 4 N–H and O–H groups in total. The first-order valence-electron chi connectivity index (χ1n) is 6.11. The van der Waals surface area contributed by atoms with Crippen LogP contribution >= 0.6 is 0 Å². The zero-order chi connectivity index (χ0) is 14.8. The summed E-state index contributed by atoms with van der Waals surface area (Å²) >= 11 is 0. The van der Waals surface area contributed by atoms with E-state index in [0.29, 0.717) is 43.4 Å². The summed E-state index contributed by atoms with van der Waals surface area (Å²) < 4.78 is 20.0. The molecule has 1 rings (SSSR count). The Hall–Kier alpha value is -1.83. The first kappa shape index (κ1) is 16.2. The maximum atomic E-state index is 11.7. The van der Waals surface area contributed by atoms with Crippen molar-refractivity contribution in [2.45, 2.75) is 0 Å². The van der Waals surface area contributed by atoms with Gasteiger partial charge >= 0.3 is 5.97 Å². The van der Waals surface area contributed by atoms with Crippen LogP contribution in [0.2, 0.25) is 0 Å². The van der Waals surface area contributed by atoms with Crippen molar-refractivity contribution in [2.75, 3.05) is 51.8 Å². The Balaban J connectivity index is 2.17. The number of hydrogen-bond donors (Lipinski definition) is 2. The van der Waals surface area contributed by atoms with Crippen LogP contribution < -0.4 is 11.5 Å². The summed E-state index contributed by atoms with van der Waals surface area (Å²) in [7, 11) is 1.60. The molecule has 0 amide bonds. The van der Waals surface area contributed by atoms with Crippen LogP contribution in [-0.4, -0.2) is 46.3 Å². The van der Waals surface area contributed by atoms with Gasteiger partial charge in [0.1, 0.15) is 0 Å². The van der Waals surface area contributed by atoms with Crippen LogP contribution in [0.25, 0.3) is 0 Å². The second-order valence-corrected chi connectivity index (χ2v) is 3.95. The van der Waals surface area contributed by atoms with Crippen molar-refractivity contribution in [2.24, 2.45) is 0 Å². The summed E-state index contributed by atoms with van der Waals surface area (Å²) in [6.07, 6.45) is 0. The van der Waals surface area contributed by atoms with E-state index in [9.17, 15) is 4.79 Å². The molecule has 0 spiro atoms. The highest BCUT2D eigenvalue weighted by Crippen LogP contribution is 2.14. The van der Waals surface area contributed by atoms with E-state index in [1.165, 1.54) is 12.1 Å². The minimum Gasteiger partial charge on any atom is -0.435 e. The van der Waals surface area contributed by atoms with Crippen molar-refractivity contribution in [3.8, 4) is 0 Å². The first-order valence-corrected chi connectivity index (χ1v) is 6.11. The molecule has 112 valence electrons. The Kier molecular flexibility index (Phi) is 7.41. The molecule has 1 aromatic carbocycles. The summed E-state index contributed by atoms with van der Waals surface area (Å²) in [5, 5.41) is 0. The molecule has 20 heavy (non-hydrogen) atoms. The molecule has 0 atom stereocenters. The molecule has 0 aliphatic carbocycles. The fraction of sp³-hybridized carbons (Fsp3) is 0.462. The number of methoxy groups -OCH3 is 1. The van der Waals surface area contributed by atoms with Crippen LogP contribution in [0.3, 0.4) is 0 Å². The smallest absolute Gasteiger partial charge is 0.340 e. The molecule has 7 nitrogen and oxygen atoms in total. The lowest BCUT2D eigenvalue weighted by Gasteiger charge is -2.07. The number of carbonyl (C=O) groups is 1. The SMILES string of the molecule is COCCOCCOCOC(=O)c1cc(N)cc(N)c1. The second-order valence-electron chi connectivity index (χ2n) is 3.95. The van der Waals surface area contributed by atoms with E-state index in [-0.39, 0.29) is 6.79 Å². The Labute approximate surface area is 117 Å². The standard InChI is InChI=1S/C13H20N2O5/c1-17-2-3-18-4-5-19-9-20-13(16)10-6-11(14)8-12(15)7-10/h6-8H,2-5,9,14-15H2,1H3. The predicted molar refractivity (Wildman–Crippen MR) is 74.2 cm³/mol. The second kappa shape index (κ2) is 9.13. The van der Waals surface area contributed by atoms with Gasteiger partial charge < -0.3 is 30.4 Å². The zero-order valence-electron chi connectivity index (χ0n) is 11.5. The van der Waals surface area contributed by atoms with E-state index >= 15 is 0 Å².